The Morgan fingerprint density at radius 2 is 2.22 bits per heavy atom. The highest BCUT2D eigenvalue weighted by atomic mass is 127. The van der Waals surface area contributed by atoms with Crippen LogP contribution in [0.1, 0.15) is 12.6 Å². The van der Waals surface area contributed by atoms with Crippen LogP contribution in [0.2, 0.25) is 0 Å². The number of nitrogens with one attached hydrogen (secondary N) is 1. The maximum absolute atomic E-state index is 11.6. The van der Waals surface area contributed by atoms with E-state index in [1.807, 2.05) is 52.6 Å². The van der Waals surface area contributed by atoms with Crippen molar-refractivity contribution in [2.45, 2.75) is 13.5 Å². The van der Waals surface area contributed by atoms with Crippen LogP contribution in [0, 0.1) is 3.57 Å². The molecule has 0 aliphatic carbocycles. The molecule has 1 N–H and O–H groups in total. The molecular weight excluding hydrogens is 343 g/mol. The number of nitrogens with zero attached hydrogens (tertiary/aromatic N) is 3. The van der Waals surface area contributed by atoms with Crippen LogP contribution in [0.5, 0.6) is 0 Å². The van der Waals surface area contributed by atoms with E-state index >= 15 is 0 Å². The molecule has 2 heterocycles. The molecule has 6 heteroatoms. The predicted molar refractivity (Wildman–Crippen MR) is 78.5 cm³/mol. The second-order valence-electron chi connectivity index (χ2n) is 3.70. The summed E-state index contributed by atoms with van der Waals surface area (Å²) < 4.78 is 0.605. The molecule has 2 rings (SSSR count). The highest BCUT2D eigenvalue weighted by Crippen LogP contribution is 2.17. The highest BCUT2D eigenvalue weighted by molar-refractivity contribution is 14.1. The Balaban J connectivity index is 2.29. The van der Waals surface area contributed by atoms with E-state index < -0.39 is 0 Å². The van der Waals surface area contributed by atoms with Crippen molar-refractivity contribution in [1.29, 1.82) is 0 Å². The van der Waals surface area contributed by atoms with E-state index in [4.69, 9.17) is 0 Å². The third-order valence-electron chi connectivity index (χ3n) is 2.54. The average molecular weight is 356 g/mol. The fourth-order valence-electron chi connectivity index (χ4n) is 1.62. The molecule has 0 saturated carbocycles. The summed E-state index contributed by atoms with van der Waals surface area (Å²) in [6, 6.07) is 5.80. The van der Waals surface area contributed by atoms with Gasteiger partial charge in [-0.1, -0.05) is 6.07 Å². The van der Waals surface area contributed by atoms with Crippen LogP contribution in [-0.4, -0.2) is 21.5 Å². The summed E-state index contributed by atoms with van der Waals surface area (Å²) in [5.74, 6) is 0.701. The number of aromatic nitrogens is 3. The minimum absolute atomic E-state index is 0.111. The first-order valence-corrected chi connectivity index (χ1v) is 6.68. The summed E-state index contributed by atoms with van der Waals surface area (Å²) in [4.78, 5) is 24.7. The Kier molecular flexibility index (Phi) is 4.29. The Bertz CT molecular complexity index is 570. The molecule has 0 saturated heterocycles. The maximum Gasteiger partial charge on any atom is 0.266 e. The van der Waals surface area contributed by atoms with E-state index in [1.165, 1.54) is 6.33 Å². The minimum atomic E-state index is -0.111. The molecule has 0 aliphatic rings. The SMILES string of the molecule is CCN(Cc1ccccn1)c1nc[nH]c(=O)c1I. The molecule has 0 aromatic carbocycles. The van der Waals surface area contributed by atoms with Crippen LogP contribution in [0.3, 0.4) is 0 Å². The van der Waals surface area contributed by atoms with Gasteiger partial charge in [0.15, 0.2) is 0 Å². The maximum atomic E-state index is 11.6. The van der Waals surface area contributed by atoms with Gasteiger partial charge in [-0.3, -0.25) is 9.78 Å². The van der Waals surface area contributed by atoms with Crippen LogP contribution in [0.15, 0.2) is 35.5 Å². The fraction of sp³-hybridized carbons (Fsp3) is 0.250. The van der Waals surface area contributed by atoms with Gasteiger partial charge in [0.2, 0.25) is 0 Å². The number of rotatable bonds is 4. The van der Waals surface area contributed by atoms with Crippen molar-refractivity contribution >= 4 is 28.4 Å². The van der Waals surface area contributed by atoms with E-state index in [-0.39, 0.29) is 5.56 Å². The lowest BCUT2D eigenvalue weighted by molar-refractivity contribution is 0.785. The smallest absolute Gasteiger partial charge is 0.266 e. The zero-order chi connectivity index (χ0) is 13.0. The van der Waals surface area contributed by atoms with Crippen LogP contribution >= 0.6 is 22.6 Å². The van der Waals surface area contributed by atoms with Crippen molar-refractivity contribution in [1.82, 2.24) is 15.0 Å². The molecule has 0 spiro atoms. The Hall–Kier alpha value is -1.44. The third-order valence-corrected chi connectivity index (χ3v) is 3.51. The topological polar surface area (TPSA) is 61.9 Å². The molecule has 0 fully saturated rings. The van der Waals surface area contributed by atoms with E-state index in [1.54, 1.807) is 6.20 Å². The summed E-state index contributed by atoms with van der Waals surface area (Å²) in [6.45, 7) is 3.44. The van der Waals surface area contributed by atoms with E-state index in [9.17, 15) is 4.79 Å². The number of anilines is 1. The molecule has 0 amide bonds. The Labute approximate surface area is 118 Å². The molecule has 2 aromatic heterocycles. The van der Waals surface area contributed by atoms with Crippen molar-refractivity contribution in [2.75, 3.05) is 11.4 Å². The van der Waals surface area contributed by atoms with Gasteiger partial charge in [0.1, 0.15) is 9.39 Å². The third kappa shape index (κ3) is 2.87. The number of aromatic amines is 1. The Morgan fingerprint density at radius 3 is 2.89 bits per heavy atom. The molecule has 2 aromatic rings. The second-order valence-corrected chi connectivity index (χ2v) is 4.78. The molecule has 0 radical (unpaired) electrons. The first-order chi connectivity index (χ1) is 8.72. The van der Waals surface area contributed by atoms with Crippen LogP contribution in [0.4, 0.5) is 5.82 Å². The number of halogens is 1. The van der Waals surface area contributed by atoms with Crippen molar-refractivity contribution in [3.05, 3.63) is 50.3 Å². The number of hydrogen-bond acceptors (Lipinski definition) is 4. The molecule has 94 valence electrons. The molecule has 0 bridgehead atoms. The first-order valence-electron chi connectivity index (χ1n) is 5.60. The van der Waals surface area contributed by atoms with Gasteiger partial charge in [0, 0.05) is 12.7 Å². The van der Waals surface area contributed by atoms with Crippen molar-refractivity contribution in [3.8, 4) is 0 Å². The lowest BCUT2D eigenvalue weighted by Crippen LogP contribution is -2.27. The molecule has 18 heavy (non-hydrogen) atoms. The van der Waals surface area contributed by atoms with Crippen LogP contribution < -0.4 is 10.5 Å². The normalized spacial score (nSPS) is 10.3. The zero-order valence-electron chi connectivity index (χ0n) is 9.93. The molecule has 0 unspecified atom stereocenters. The number of pyridine rings is 1. The highest BCUT2D eigenvalue weighted by Gasteiger charge is 2.13. The summed E-state index contributed by atoms with van der Waals surface area (Å²) in [5, 5.41) is 0. The summed E-state index contributed by atoms with van der Waals surface area (Å²) in [5.41, 5.74) is 0.845. The molecule has 0 aliphatic heterocycles. The van der Waals surface area contributed by atoms with Gasteiger partial charge < -0.3 is 9.88 Å². The van der Waals surface area contributed by atoms with Gasteiger partial charge in [-0.15, -0.1) is 0 Å². The average Bonchev–Trinajstić information content (AvgIpc) is 2.41. The largest absolute Gasteiger partial charge is 0.350 e. The summed E-state index contributed by atoms with van der Waals surface area (Å²) in [7, 11) is 0. The van der Waals surface area contributed by atoms with Gasteiger partial charge in [0.25, 0.3) is 5.56 Å². The monoisotopic (exact) mass is 356 g/mol. The molecular formula is C12H13IN4O. The standard InChI is InChI=1S/C12H13IN4O/c1-2-17(7-9-5-3-4-6-14-9)11-10(13)12(18)16-8-15-11/h3-6,8H,2,7H2,1H3,(H,15,16,18). The van der Waals surface area contributed by atoms with Gasteiger partial charge in [-0.2, -0.15) is 0 Å². The van der Waals surface area contributed by atoms with Crippen molar-refractivity contribution < 1.29 is 0 Å². The summed E-state index contributed by atoms with van der Waals surface area (Å²) in [6.07, 6.45) is 3.19. The fourth-order valence-corrected chi connectivity index (χ4v) is 2.25. The van der Waals surface area contributed by atoms with Crippen molar-refractivity contribution in [3.63, 3.8) is 0 Å². The van der Waals surface area contributed by atoms with Crippen LogP contribution in [0.25, 0.3) is 0 Å². The second kappa shape index (κ2) is 5.94. The molecule has 0 atom stereocenters. The number of H-pyrrole nitrogens is 1. The number of hydrogen-bond donors (Lipinski definition) is 1. The van der Waals surface area contributed by atoms with Gasteiger partial charge in [0.05, 0.1) is 18.6 Å². The van der Waals surface area contributed by atoms with E-state index in [0.717, 1.165) is 12.2 Å². The molecule has 5 nitrogen and oxygen atoms in total. The van der Waals surface area contributed by atoms with Gasteiger partial charge in [-0.05, 0) is 41.6 Å². The lowest BCUT2D eigenvalue weighted by atomic mass is 10.3. The van der Waals surface area contributed by atoms with E-state index in [2.05, 4.69) is 15.0 Å². The quantitative estimate of drug-likeness (QED) is 0.849. The van der Waals surface area contributed by atoms with E-state index in [0.29, 0.717) is 15.9 Å². The summed E-state index contributed by atoms with van der Waals surface area (Å²) >= 11 is 2.02. The van der Waals surface area contributed by atoms with Gasteiger partial charge >= 0.3 is 0 Å². The zero-order valence-corrected chi connectivity index (χ0v) is 12.1. The first kappa shape index (κ1) is 13.0. The minimum Gasteiger partial charge on any atom is -0.350 e. The predicted octanol–water partition coefficient (Wildman–Crippen LogP) is 1.80. The van der Waals surface area contributed by atoms with Gasteiger partial charge in [-0.25, -0.2) is 4.98 Å². The lowest BCUT2D eigenvalue weighted by Gasteiger charge is -2.21. The Morgan fingerprint density at radius 1 is 1.39 bits per heavy atom. The van der Waals surface area contributed by atoms with Crippen LogP contribution in [-0.2, 0) is 6.54 Å². The van der Waals surface area contributed by atoms with Crippen molar-refractivity contribution in [2.24, 2.45) is 0 Å².